The molecule has 1 aromatic carbocycles. The van der Waals surface area contributed by atoms with Gasteiger partial charge in [0, 0.05) is 34.7 Å². The maximum absolute atomic E-state index is 4.33. The van der Waals surface area contributed by atoms with Gasteiger partial charge in [-0.2, -0.15) is 5.10 Å². The van der Waals surface area contributed by atoms with Crippen molar-refractivity contribution in [1.82, 2.24) is 15.1 Å². The number of benzene rings is 1. The number of aryl methyl sites for hydroxylation is 1. The van der Waals surface area contributed by atoms with Crippen LogP contribution in [0.1, 0.15) is 28.3 Å². The summed E-state index contributed by atoms with van der Waals surface area (Å²) in [6, 6.07) is 15.1. The Morgan fingerprint density at radius 1 is 1.19 bits per heavy atom. The fourth-order valence-corrected chi connectivity index (χ4v) is 3.25. The van der Waals surface area contributed by atoms with Crippen molar-refractivity contribution < 1.29 is 0 Å². The monoisotopic (exact) mass is 297 g/mol. The van der Waals surface area contributed by atoms with Crippen molar-refractivity contribution in [2.75, 3.05) is 0 Å². The van der Waals surface area contributed by atoms with Gasteiger partial charge in [0.2, 0.25) is 0 Å². The Bertz CT molecular complexity index is 700. The van der Waals surface area contributed by atoms with Gasteiger partial charge in [-0.3, -0.25) is 0 Å². The van der Waals surface area contributed by atoms with Crippen molar-refractivity contribution in [3.05, 3.63) is 70.2 Å². The van der Waals surface area contributed by atoms with Gasteiger partial charge in [-0.05, 0) is 43.7 Å². The molecule has 1 N–H and O–H groups in total. The summed E-state index contributed by atoms with van der Waals surface area (Å²) < 4.78 is 1.91. The number of para-hydroxylation sites is 1. The third-order valence-electron chi connectivity index (χ3n) is 3.53. The van der Waals surface area contributed by atoms with E-state index in [0.29, 0.717) is 6.04 Å². The first-order chi connectivity index (χ1) is 10.2. The minimum atomic E-state index is 0.356. The molecule has 0 saturated heterocycles. The van der Waals surface area contributed by atoms with Crippen LogP contribution in [0.25, 0.3) is 5.69 Å². The van der Waals surface area contributed by atoms with Crippen LogP contribution in [0.4, 0.5) is 0 Å². The topological polar surface area (TPSA) is 29.9 Å². The van der Waals surface area contributed by atoms with Crippen LogP contribution in [0, 0.1) is 6.92 Å². The molecule has 3 rings (SSSR count). The summed E-state index contributed by atoms with van der Waals surface area (Å²) in [6.45, 7) is 5.18. The molecule has 0 aliphatic heterocycles. The van der Waals surface area contributed by atoms with E-state index in [-0.39, 0.29) is 0 Å². The molecule has 21 heavy (non-hydrogen) atoms. The lowest BCUT2D eigenvalue weighted by Gasteiger charge is -2.14. The average molecular weight is 297 g/mol. The van der Waals surface area contributed by atoms with E-state index in [1.807, 2.05) is 34.3 Å². The number of nitrogens with zero attached hydrogens (tertiary/aromatic N) is 2. The summed E-state index contributed by atoms with van der Waals surface area (Å²) >= 11 is 1.85. The van der Waals surface area contributed by atoms with E-state index in [9.17, 15) is 0 Å². The first kappa shape index (κ1) is 14.0. The number of nitrogens with one attached hydrogen (secondary N) is 1. The zero-order chi connectivity index (χ0) is 14.7. The Hall–Kier alpha value is -1.91. The summed E-state index contributed by atoms with van der Waals surface area (Å²) in [7, 11) is 0. The Morgan fingerprint density at radius 2 is 2.05 bits per heavy atom. The highest BCUT2D eigenvalue weighted by Crippen LogP contribution is 2.23. The number of hydrogen-bond acceptors (Lipinski definition) is 3. The van der Waals surface area contributed by atoms with Crippen LogP contribution in [-0.4, -0.2) is 9.78 Å². The molecule has 0 saturated carbocycles. The normalized spacial score (nSPS) is 12.5. The minimum absolute atomic E-state index is 0.356. The van der Waals surface area contributed by atoms with E-state index >= 15 is 0 Å². The first-order valence-corrected chi connectivity index (χ1v) is 7.93. The maximum Gasteiger partial charge on any atom is 0.0690 e. The molecule has 1 unspecified atom stereocenters. The zero-order valence-electron chi connectivity index (χ0n) is 12.3. The molecule has 3 aromatic rings. The molecule has 4 heteroatoms. The standard InChI is InChI=1S/C17H19N3S/c1-13-8-9-17(21-13)14(2)18-12-15-6-3-4-7-16(15)20-11-5-10-19-20/h3-11,14,18H,12H2,1-2H3. The fourth-order valence-electron chi connectivity index (χ4n) is 2.34. The van der Waals surface area contributed by atoms with Gasteiger partial charge in [0.15, 0.2) is 0 Å². The minimum Gasteiger partial charge on any atom is -0.305 e. The molecule has 3 nitrogen and oxygen atoms in total. The highest BCUT2D eigenvalue weighted by molar-refractivity contribution is 7.12. The van der Waals surface area contributed by atoms with Gasteiger partial charge >= 0.3 is 0 Å². The third-order valence-corrected chi connectivity index (χ3v) is 4.71. The number of thiophene rings is 1. The van der Waals surface area contributed by atoms with Gasteiger partial charge in [-0.15, -0.1) is 11.3 Å². The summed E-state index contributed by atoms with van der Waals surface area (Å²) in [5.74, 6) is 0. The molecule has 0 spiro atoms. The van der Waals surface area contributed by atoms with Crippen LogP contribution in [0.2, 0.25) is 0 Å². The second-order valence-corrected chi connectivity index (χ2v) is 6.45. The Labute approximate surface area is 129 Å². The van der Waals surface area contributed by atoms with E-state index in [1.165, 1.54) is 15.3 Å². The van der Waals surface area contributed by atoms with Gasteiger partial charge in [-0.25, -0.2) is 4.68 Å². The molecule has 1 atom stereocenters. The summed E-state index contributed by atoms with van der Waals surface area (Å²) in [4.78, 5) is 2.74. The Morgan fingerprint density at radius 3 is 2.76 bits per heavy atom. The average Bonchev–Trinajstić information content (AvgIpc) is 3.16. The lowest BCUT2D eigenvalue weighted by Crippen LogP contribution is -2.18. The molecule has 0 fully saturated rings. The van der Waals surface area contributed by atoms with Crippen LogP contribution in [0.3, 0.4) is 0 Å². The molecule has 0 radical (unpaired) electrons. The van der Waals surface area contributed by atoms with Gasteiger partial charge in [-0.1, -0.05) is 18.2 Å². The SMILES string of the molecule is Cc1ccc(C(C)NCc2ccccc2-n2cccn2)s1. The predicted octanol–water partition coefficient (Wildman–Crippen LogP) is 4.09. The van der Waals surface area contributed by atoms with Crippen molar-refractivity contribution in [1.29, 1.82) is 0 Å². The van der Waals surface area contributed by atoms with E-state index in [1.54, 1.807) is 6.20 Å². The van der Waals surface area contributed by atoms with E-state index in [4.69, 9.17) is 0 Å². The smallest absolute Gasteiger partial charge is 0.0690 e. The molecule has 0 aliphatic carbocycles. The van der Waals surface area contributed by atoms with E-state index < -0.39 is 0 Å². The molecule has 0 bridgehead atoms. The van der Waals surface area contributed by atoms with Gasteiger partial charge in [0.05, 0.1) is 5.69 Å². The lowest BCUT2D eigenvalue weighted by atomic mass is 10.1. The molecule has 108 valence electrons. The summed E-state index contributed by atoms with van der Waals surface area (Å²) in [5, 5.41) is 7.93. The molecular formula is C17H19N3S. The number of rotatable bonds is 5. The van der Waals surface area contributed by atoms with Crippen molar-refractivity contribution >= 4 is 11.3 Å². The number of aromatic nitrogens is 2. The maximum atomic E-state index is 4.33. The molecule has 2 heterocycles. The first-order valence-electron chi connectivity index (χ1n) is 7.11. The van der Waals surface area contributed by atoms with Crippen molar-refractivity contribution in [2.45, 2.75) is 26.4 Å². The highest BCUT2D eigenvalue weighted by Gasteiger charge is 2.09. The Kier molecular flexibility index (Phi) is 4.18. The highest BCUT2D eigenvalue weighted by atomic mass is 32.1. The molecule has 0 amide bonds. The second kappa shape index (κ2) is 6.24. The van der Waals surface area contributed by atoms with Crippen LogP contribution in [-0.2, 0) is 6.54 Å². The number of hydrogen-bond donors (Lipinski definition) is 1. The van der Waals surface area contributed by atoms with E-state index in [2.05, 4.69) is 54.6 Å². The van der Waals surface area contributed by atoms with E-state index in [0.717, 1.165) is 12.2 Å². The largest absolute Gasteiger partial charge is 0.305 e. The molecular weight excluding hydrogens is 278 g/mol. The Balaban J connectivity index is 1.74. The third kappa shape index (κ3) is 3.23. The molecule has 0 aliphatic rings. The van der Waals surface area contributed by atoms with Gasteiger partial charge in [0.1, 0.15) is 0 Å². The fraction of sp³-hybridized carbons (Fsp3) is 0.235. The summed E-state index contributed by atoms with van der Waals surface area (Å²) in [6.07, 6.45) is 3.78. The van der Waals surface area contributed by atoms with Crippen molar-refractivity contribution in [3.63, 3.8) is 0 Å². The van der Waals surface area contributed by atoms with Crippen LogP contribution >= 0.6 is 11.3 Å². The second-order valence-electron chi connectivity index (χ2n) is 5.13. The quantitative estimate of drug-likeness (QED) is 0.768. The van der Waals surface area contributed by atoms with Gasteiger partial charge < -0.3 is 5.32 Å². The molecule has 2 aromatic heterocycles. The zero-order valence-corrected chi connectivity index (χ0v) is 13.1. The van der Waals surface area contributed by atoms with Crippen molar-refractivity contribution in [3.8, 4) is 5.69 Å². The van der Waals surface area contributed by atoms with Crippen LogP contribution in [0.5, 0.6) is 0 Å². The lowest BCUT2D eigenvalue weighted by molar-refractivity contribution is 0.580. The van der Waals surface area contributed by atoms with Crippen LogP contribution < -0.4 is 5.32 Å². The summed E-state index contributed by atoms with van der Waals surface area (Å²) in [5.41, 5.74) is 2.38. The van der Waals surface area contributed by atoms with Crippen LogP contribution in [0.15, 0.2) is 54.9 Å². The van der Waals surface area contributed by atoms with Crippen molar-refractivity contribution in [2.24, 2.45) is 0 Å². The predicted molar refractivity (Wildman–Crippen MR) is 87.9 cm³/mol. The van der Waals surface area contributed by atoms with Gasteiger partial charge in [0.25, 0.3) is 0 Å².